The number of hydrogen-bond donors (Lipinski definition) is 2. The van der Waals surface area contributed by atoms with Crippen molar-refractivity contribution in [3.63, 3.8) is 0 Å². The van der Waals surface area contributed by atoms with Gasteiger partial charge in [0.25, 0.3) is 0 Å². The van der Waals surface area contributed by atoms with Gasteiger partial charge in [0.1, 0.15) is 0 Å². The molecule has 0 bridgehead atoms. The molecule has 1 saturated heterocycles. The largest absolute Gasteiger partial charge is 0.324 e. The molecule has 1 heterocycles. The van der Waals surface area contributed by atoms with Crippen LogP contribution in [0.4, 0.5) is 5.69 Å². The fourth-order valence-electron chi connectivity index (χ4n) is 3.88. The van der Waals surface area contributed by atoms with Crippen LogP contribution in [0.3, 0.4) is 0 Å². The second kappa shape index (κ2) is 9.73. The van der Waals surface area contributed by atoms with Gasteiger partial charge in [-0.25, -0.2) is 13.1 Å². The normalized spacial score (nSPS) is 17.6. The van der Waals surface area contributed by atoms with E-state index in [0.717, 1.165) is 41.8 Å². The van der Waals surface area contributed by atoms with E-state index in [4.69, 9.17) is 0 Å². The van der Waals surface area contributed by atoms with Crippen LogP contribution in [-0.2, 0) is 14.8 Å². The second-order valence-electron chi connectivity index (χ2n) is 8.22. The Labute approximate surface area is 179 Å². The molecule has 30 heavy (non-hydrogen) atoms. The van der Waals surface area contributed by atoms with Gasteiger partial charge in [-0.1, -0.05) is 35.9 Å². The Morgan fingerprint density at radius 3 is 2.40 bits per heavy atom. The SMILES string of the molecule is Cc1ccc(S(=O)(=O)NCC2CCCN(CC(=O)Nc3c(C)cccc3C)C2)cc1. The summed E-state index contributed by atoms with van der Waals surface area (Å²) in [5.74, 6) is 0.153. The first kappa shape index (κ1) is 22.5. The lowest BCUT2D eigenvalue weighted by molar-refractivity contribution is -0.117. The zero-order valence-corrected chi connectivity index (χ0v) is 18.8. The number of likely N-dealkylation sites (tertiary alicyclic amines) is 1. The monoisotopic (exact) mass is 429 g/mol. The zero-order chi connectivity index (χ0) is 21.7. The van der Waals surface area contributed by atoms with Crippen LogP contribution < -0.4 is 10.0 Å². The van der Waals surface area contributed by atoms with Gasteiger partial charge >= 0.3 is 0 Å². The lowest BCUT2D eigenvalue weighted by Crippen LogP contribution is -2.43. The average molecular weight is 430 g/mol. The van der Waals surface area contributed by atoms with E-state index in [-0.39, 0.29) is 16.7 Å². The lowest BCUT2D eigenvalue weighted by Gasteiger charge is -2.32. The highest BCUT2D eigenvalue weighted by atomic mass is 32.2. The van der Waals surface area contributed by atoms with Crippen LogP contribution in [0.25, 0.3) is 0 Å². The molecule has 2 aromatic rings. The summed E-state index contributed by atoms with van der Waals surface area (Å²) in [6, 6.07) is 12.8. The zero-order valence-electron chi connectivity index (χ0n) is 17.9. The van der Waals surface area contributed by atoms with Gasteiger partial charge < -0.3 is 5.32 Å². The molecule has 0 saturated carbocycles. The van der Waals surface area contributed by atoms with E-state index < -0.39 is 10.0 Å². The first-order chi connectivity index (χ1) is 14.2. The molecule has 0 aliphatic carbocycles. The highest BCUT2D eigenvalue weighted by Crippen LogP contribution is 2.20. The van der Waals surface area contributed by atoms with Crippen LogP contribution >= 0.6 is 0 Å². The number of hydrogen-bond acceptors (Lipinski definition) is 4. The quantitative estimate of drug-likeness (QED) is 0.708. The smallest absolute Gasteiger partial charge is 0.240 e. The standard InChI is InChI=1S/C23H31N3O3S/c1-17-9-11-21(12-10-17)30(28,29)24-14-20-8-5-13-26(15-20)16-22(27)25-23-18(2)6-4-7-19(23)3/h4,6-7,9-12,20,24H,5,8,13-16H2,1-3H3,(H,25,27). The van der Waals surface area contributed by atoms with E-state index in [1.54, 1.807) is 24.3 Å². The van der Waals surface area contributed by atoms with Gasteiger partial charge in [-0.15, -0.1) is 0 Å². The van der Waals surface area contributed by atoms with Crippen molar-refractivity contribution >= 4 is 21.6 Å². The number of aryl methyl sites for hydroxylation is 3. The molecule has 0 spiro atoms. The summed E-state index contributed by atoms with van der Waals surface area (Å²) in [5.41, 5.74) is 3.99. The number of carbonyl (C=O) groups is 1. The van der Waals surface area contributed by atoms with Crippen LogP contribution in [0.2, 0.25) is 0 Å². The fraction of sp³-hybridized carbons (Fsp3) is 0.435. The maximum atomic E-state index is 12.6. The van der Waals surface area contributed by atoms with Crippen LogP contribution in [0.5, 0.6) is 0 Å². The first-order valence-corrected chi connectivity index (χ1v) is 11.9. The highest BCUT2D eigenvalue weighted by Gasteiger charge is 2.24. The number of amides is 1. The summed E-state index contributed by atoms with van der Waals surface area (Å²) in [5, 5.41) is 3.03. The predicted molar refractivity (Wildman–Crippen MR) is 120 cm³/mol. The van der Waals surface area contributed by atoms with E-state index >= 15 is 0 Å². The average Bonchev–Trinajstić information content (AvgIpc) is 2.70. The number of piperidine rings is 1. The molecular formula is C23H31N3O3S. The van der Waals surface area contributed by atoms with Gasteiger partial charge in [-0.05, 0) is 69.3 Å². The number of nitrogens with one attached hydrogen (secondary N) is 2. The first-order valence-electron chi connectivity index (χ1n) is 10.4. The van der Waals surface area contributed by atoms with Crippen molar-refractivity contribution in [2.45, 2.75) is 38.5 Å². The van der Waals surface area contributed by atoms with Crippen LogP contribution in [0.15, 0.2) is 47.4 Å². The van der Waals surface area contributed by atoms with Crippen molar-refractivity contribution in [3.8, 4) is 0 Å². The molecule has 2 N–H and O–H groups in total. The molecule has 1 aliphatic rings. The number of carbonyl (C=O) groups excluding carboxylic acids is 1. The summed E-state index contributed by atoms with van der Waals surface area (Å²) in [4.78, 5) is 15.0. The minimum Gasteiger partial charge on any atom is -0.324 e. The van der Waals surface area contributed by atoms with Crippen molar-refractivity contribution < 1.29 is 13.2 Å². The third-order valence-electron chi connectivity index (χ3n) is 5.61. The topological polar surface area (TPSA) is 78.5 Å². The maximum absolute atomic E-state index is 12.6. The summed E-state index contributed by atoms with van der Waals surface area (Å²) in [6.45, 7) is 8.15. The Hall–Kier alpha value is -2.22. The lowest BCUT2D eigenvalue weighted by atomic mass is 9.98. The Kier molecular flexibility index (Phi) is 7.28. The second-order valence-corrected chi connectivity index (χ2v) is 9.99. The predicted octanol–water partition coefficient (Wildman–Crippen LogP) is 3.24. The third kappa shape index (κ3) is 5.90. The molecule has 1 aliphatic heterocycles. The van der Waals surface area contributed by atoms with Gasteiger partial charge in [0.05, 0.1) is 11.4 Å². The number of benzene rings is 2. The van der Waals surface area contributed by atoms with Crippen LogP contribution in [-0.4, -0.2) is 45.4 Å². The van der Waals surface area contributed by atoms with Crippen molar-refractivity contribution in [2.24, 2.45) is 5.92 Å². The van der Waals surface area contributed by atoms with Gasteiger partial charge in [-0.2, -0.15) is 0 Å². The van der Waals surface area contributed by atoms with E-state index in [2.05, 4.69) is 14.9 Å². The molecule has 3 rings (SSSR count). The van der Waals surface area contributed by atoms with Crippen molar-refractivity contribution in [1.29, 1.82) is 0 Å². The van der Waals surface area contributed by atoms with Gasteiger partial charge in [0.2, 0.25) is 15.9 Å². The molecule has 2 aromatic carbocycles. The molecule has 1 unspecified atom stereocenters. The summed E-state index contributed by atoms with van der Waals surface area (Å²) in [7, 11) is -3.51. The van der Waals surface area contributed by atoms with Crippen molar-refractivity contribution in [3.05, 3.63) is 59.2 Å². The molecule has 1 amide bonds. The number of nitrogens with zero attached hydrogens (tertiary/aromatic N) is 1. The third-order valence-corrected chi connectivity index (χ3v) is 7.05. The number of anilines is 1. The van der Waals surface area contributed by atoms with Gasteiger partial charge in [0, 0.05) is 18.8 Å². The Bertz CT molecular complexity index is 967. The minimum atomic E-state index is -3.51. The van der Waals surface area contributed by atoms with Crippen LogP contribution in [0, 0.1) is 26.7 Å². The molecule has 0 radical (unpaired) electrons. The van der Waals surface area contributed by atoms with E-state index in [0.29, 0.717) is 19.6 Å². The van der Waals surface area contributed by atoms with Gasteiger partial charge in [0.15, 0.2) is 0 Å². The summed E-state index contributed by atoms with van der Waals surface area (Å²) >= 11 is 0. The molecule has 7 heteroatoms. The van der Waals surface area contributed by atoms with Crippen molar-refractivity contribution in [1.82, 2.24) is 9.62 Å². The van der Waals surface area contributed by atoms with E-state index in [1.165, 1.54) is 0 Å². The Morgan fingerprint density at radius 1 is 1.07 bits per heavy atom. The van der Waals surface area contributed by atoms with E-state index in [9.17, 15) is 13.2 Å². The minimum absolute atomic E-state index is 0.0340. The summed E-state index contributed by atoms with van der Waals surface area (Å²) in [6.07, 6.45) is 1.90. The molecule has 1 atom stereocenters. The molecule has 0 aromatic heterocycles. The number of para-hydroxylation sites is 1. The summed E-state index contributed by atoms with van der Waals surface area (Å²) < 4.78 is 27.8. The Morgan fingerprint density at radius 2 is 1.73 bits per heavy atom. The highest BCUT2D eigenvalue weighted by molar-refractivity contribution is 7.89. The number of rotatable bonds is 7. The fourth-order valence-corrected chi connectivity index (χ4v) is 5.00. The maximum Gasteiger partial charge on any atom is 0.240 e. The van der Waals surface area contributed by atoms with Crippen LogP contribution in [0.1, 0.15) is 29.5 Å². The molecule has 6 nitrogen and oxygen atoms in total. The molecule has 1 fully saturated rings. The Balaban J connectivity index is 1.52. The van der Waals surface area contributed by atoms with Crippen molar-refractivity contribution in [2.75, 3.05) is 31.5 Å². The molecule has 162 valence electrons. The van der Waals surface area contributed by atoms with Gasteiger partial charge in [-0.3, -0.25) is 9.69 Å². The van der Waals surface area contributed by atoms with E-state index in [1.807, 2.05) is 39.0 Å². The number of sulfonamides is 1. The molecular weight excluding hydrogens is 398 g/mol.